The summed E-state index contributed by atoms with van der Waals surface area (Å²) in [5, 5.41) is 2.61. The van der Waals surface area contributed by atoms with Gasteiger partial charge in [0.2, 0.25) is 0 Å². The maximum absolute atomic E-state index is 12.4. The van der Waals surface area contributed by atoms with Crippen molar-refractivity contribution in [2.75, 3.05) is 12.4 Å². The Morgan fingerprint density at radius 2 is 1.78 bits per heavy atom. The number of amides is 1. The minimum Gasteiger partial charge on any atom is -0.465 e. The molecule has 0 aromatic heterocycles. The number of methoxy groups -OCH3 is 1. The number of alkyl halides is 2. The van der Waals surface area contributed by atoms with Crippen LogP contribution in [-0.2, 0) is 4.74 Å². The van der Waals surface area contributed by atoms with Crippen LogP contribution in [0.25, 0.3) is 0 Å². The predicted octanol–water partition coefficient (Wildman–Crippen LogP) is 4.04. The van der Waals surface area contributed by atoms with Crippen molar-refractivity contribution in [2.24, 2.45) is 0 Å². The first-order valence-electron chi connectivity index (χ1n) is 6.54. The number of carbonyl (C=O) groups excluding carboxylic acids is 2. The second-order valence-corrected chi connectivity index (χ2v) is 5.50. The Morgan fingerprint density at radius 1 is 1.09 bits per heavy atom. The van der Waals surface area contributed by atoms with Gasteiger partial charge in [-0.05, 0) is 36.4 Å². The third kappa shape index (κ3) is 4.79. The first-order valence-corrected chi connectivity index (χ1v) is 7.42. The Bertz CT molecular complexity index is 722. The third-order valence-corrected chi connectivity index (χ3v) is 3.57. The molecule has 4 nitrogen and oxygen atoms in total. The maximum atomic E-state index is 12.4. The number of nitrogens with one attached hydrogen (secondary N) is 1. The van der Waals surface area contributed by atoms with Gasteiger partial charge in [0.25, 0.3) is 11.7 Å². The topological polar surface area (TPSA) is 55.4 Å². The smallest absolute Gasteiger partial charge is 0.337 e. The van der Waals surface area contributed by atoms with E-state index in [0.717, 1.165) is 0 Å². The third-order valence-electron chi connectivity index (χ3n) is 2.86. The molecule has 0 spiro atoms. The van der Waals surface area contributed by atoms with E-state index in [4.69, 9.17) is 0 Å². The van der Waals surface area contributed by atoms with Crippen molar-refractivity contribution >= 4 is 29.3 Å². The van der Waals surface area contributed by atoms with Crippen LogP contribution >= 0.6 is 11.8 Å². The van der Waals surface area contributed by atoms with Gasteiger partial charge in [0.05, 0.1) is 12.7 Å². The van der Waals surface area contributed by atoms with Gasteiger partial charge in [-0.15, -0.1) is 0 Å². The molecular formula is C16H13F2NO3S. The molecule has 0 heterocycles. The van der Waals surface area contributed by atoms with E-state index in [1.54, 1.807) is 24.3 Å². The summed E-state index contributed by atoms with van der Waals surface area (Å²) in [7, 11) is 1.25. The highest BCUT2D eigenvalue weighted by Gasteiger charge is 2.12. The van der Waals surface area contributed by atoms with E-state index in [0.29, 0.717) is 22.3 Å². The molecule has 0 atom stereocenters. The van der Waals surface area contributed by atoms with Crippen LogP contribution in [0, 0.1) is 0 Å². The molecule has 0 aliphatic heterocycles. The lowest BCUT2D eigenvalue weighted by molar-refractivity contribution is 0.0600. The van der Waals surface area contributed by atoms with Crippen LogP contribution in [0.15, 0.2) is 53.4 Å². The van der Waals surface area contributed by atoms with Gasteiger partial charge in [-0.25, -0.2) is 4.79 Å². The molecule has 0 bridgehead atoms. The monoisotopic (exact) mass is 337 g/mol. The Morgan fingerprint density at radius 3 is 2.48 bits per heavy atom. The molecule has 0 saturated carbocycles. The molecule has 0 aliphatic rings. The van der Waals surface area contributed by atoms with E-state index in [1.807, 2.05) is 0 Å². The zero-order valence-electron chi connectivity index (χ0n) is 12.1. The molecular weight excluding hydrogens is 324 g/mol. The average molecular weight is 337 g/mol. The average Bonchev–Trinajstić information content (AvgIpc) is 2.54. The van der Waals surface area contributed by atoms with Crippen molar-refractivity contribution in [3.63, 3.8) is 0 Å². The van der Waals surface area contributed by atoms with Crippen LogP contribution in [0.3, 0.4) is 0 Å². The SMILES string of the molecule is COC(=O)c1cccc(C(=O)Nc2cccc(SC(F)F)c2)c1. The summed E-state index contributed by atoms with van der Waals surface area (Å²) >= 11 is 0.399. The van der Waals surface area contributed by atoms with Crippen molar-refractivity contribution in [1.29, 1.82) is 0 Å². The lowest BCUT2D eigenvalue weighted by atomic mass is 10.1. The molecule has 1 N–H and O–H groups in total. The largest absolute Gasteiger partial charge is 0.465 e. The second-order valence-electron chi connectivity index (χ2n) is 4.43. The Labute approximate surface area is 135 Å². The summed E-state index contributed by atoms with van der Waals surface area (Å²) in [6.45, 7) is 0. The molecule has 1 amide bonds. The van der Waals surface area contributed by atoms with E-state index in [2.05, 4.69) is 10.1 Å². The maximum Gasteiger partial charge on any atom is 0.337 e. The molecule has 7 heteroatoms. The number of anilines is 1. The molecule has 0 unspecified atom stereocenters. The number of hydrogen-bond donors (Lipinski definition) is 1. The van der Waals surface area contributed by atoms with Crippen molar-refractivity contribution in [3.05, 3.63) is 59.7 Å². The standard InChI is InChI=1S/C16H13F2NO3S/c1-22-15(21)11-5-2-4-10(8-11)14(20)19-12-6-3-7-13(9-12)23-16(17)18/h2-9,16H,1H3,(H,19,20). The lowest BCUT2D eigenvalue weighted by Gasteiger charge is -2.08. The normalized spacial score (nSPS) is 10.4. The molecule has 0 saturated heterocycles. The lowest BCUT2D eigenvalue weighted by Crippen LogP contribution is -2.13. The molecule has 23 heavy (non-hydrogen) atoms. The summed E-state index contributed by atoms with van der Waals surface area (Å²) in [6, 6.07) is 12.2. The zero-order valence-corrected chi connectivity index (χ0v) is 12.9. The molecule has 2 rings (SSSR count). The first-order chi connectivity index (χ1) is 11.0. The Kier molecular flexibility index (Phi) is 5.70. The molecule has 2 aromatic rings. The minimum atomic E-state index is -2.53. The fraction of sp³-hybridized carbons (Fsp3) is 0.125. The van der Waals surface area contributed by atoms with Gasteiger partial charge >= 0.3 is 5.97 Å². The molecule has 0 aliphatic carbocycles. The fourth-order valence-corrected chi connectivity index (χ4v) is 2.42. The van der Waals surface area contributed by atoms with Crippen LogP contribution in [0.4, 0.5) is 14.5 Å². The number of ether oxygens (including phenoxy) is 1. The van der Waals surface area contributed by atoms with Gasteiger partial charge in [0, 0.05) is 16.1 Å². The second kappa shape index (κ2) is 7.73. The van der Waals surface area contributed by atoms with Crippen LogP contribution in [0.5, 0.6) is 0 Å². The van der Waals surface area contributed by atoms with Crippen molar-refractivity contribution < 1.29 is 23.1 Å². The van der Waals surface area contributed by atoms with Gasteiger partial charge in [0.1, 0.15) is 0 Å². The van der Waals surface area contributed by atoms with Gasteiger partial charge in [-0.1, -0.05) is 23.9 Å². The van der Waals surface area contributed by atoms with Crippen LogP contribution in [0.1, 0.15) is 20.7 Å². The number of hydrogen-bond acceptors (Lipinski definition) is 4. The quantitative estimate of drug-likeness (QED) is 0.661. The summed E-state index contributed by atoms with van der Waals surface area (Å²) < 4.78 is 29.3. The number of carbonyl (C=O) groups is 2. The van der Waals surface area contributed by atoms with Crippen LogP contribution < -0.4 is 5.32 Å². The predicted molar refractivity (Wildman–Crippen MR) is 84.0 cm³/mol. The van der Waals surface area contributed by atoms with Gasteiger partial charge in [0.15, 0.2) is 0 Å². The van der Waals surface area contributed by atoms with E-state index >= 15 is 0 Å². The summed E-state index contributed by atoms with van der Waals surface area (Å²) in [5.74, 6) is -3.53. The number of halogens is 2. The summed E-state index contributed by atoms with van der Waals surface area (Å²) in [5.41, 5.74) is 0.908. The van der Waals surface area contributed by atoms with Crippen LogP contribution in [0.2, 0.25) is 0 Å². The Balaban J connectivity index is 2.14. The highest BCUT2D eigenvalue weighted by Crippen LogP contribution is 2.27. The fourth-order valence-electron chi connectivity index (χ4n) is 1.86. The van der Waals surface area contributed by atoms with E-state index in [1.165, 1.54) is 31.4 Å². The minimum absolute atomic E-state index is 0.252. The molecule has 2 aromatic carbocycles. The van der Waals surface area contributed by atoms with Gasteiger partial charge in [-0.2, -0.15) is 8.78 Å². The van der Waals surface area contributed by atoms with Gasteiger partial charge < -0.3 is 10.1 Å². The van der Waals surface area contributed by atoms with E-state index in [9.17, 15) is 18.4 Å². The van der Waals surface area contributed by atoms with E-state index < -0.39 is 17.6 Å². The Hall–Kier alpha value is -2.41. The summed E-state index contributed by atoms with van der Waals surface area (Å²) in [4.78, 5) is 24.0. The van der Waals surface area contributed by atoms with Crippen LogP contribution in [-0.4, -0.2) is 24.7 Å². The number of benzene rings is 2. The molecule has 120 valence electrons. The molecule has 0 fully saturated rings. The first kappa shape index (κ1) is 17.0. The number of rotatable bonds is 5. The highest BCUT2D eigenvalue weighted by molar-refractivity contribution is 7.99. The van der Waals surface area contributed by atoms with Gasteiger partial charge in [-0.3, -0.25) is 4.79 Å². The van der Waals surface area contributed by atoms with Crippen molar-refractivity contribution in [1.82, 2.24) is 0 Å². The van der Waals surface area contributed by atoms with Crippen molar-refractivity contribution in [3.8, 4) is 0 Å². The van der Waals surface area contributed by atoms with E-state index in [-0.39, 0.29) is 11.1 Å². The highest BCUT2D eigenvalue weighted by atomic mass is 32.2. The number of thioether (sulfide) groups is 1. The van der Waals surface area contributed by atoms with Crippen molar-refractivity contribution in [2.45, 2.75) is 10.7 Å². The summed E-state index contributed by atoms with van der Waals surface area (Å²) in [6.07, 6.45) is 0. The number of esters is 1. The zero-order chi connectivity index (χ0) is 16.8. The molecule has 0 radical (unpaired) electrons.